The lowest BCUT2D eigenvalue weighted by Crippen LogP contribution is -2.50. The Hall–Kier alpha value is -1.43. The highest BCUT2D eigenvalue weighted by Gasteiger charge is 2.45. The van der Waals surface area contributed by atoms with Crippen LogP contribution in [0.2, 0.25) is 0 Å². The van der Waals surface area contributed by atoms with E-state index in [9.17, 15) is 9.59 Å². The van der Waals surface area contributed by atoms with E-state index in [2.05, 4.69) is 26.2 Å². The first kappa shape index (κ1) is 13.5. The molecule has 20 heavy (non-hydrogen) atoms. The van der Waals surface area contributed by atoms with E-state index >= 15 is 0 Å². The highest BCUT2D eigenvalue weighted by molar-refractivity contribution is 9.10. The fraction of sp³-hybridized carbons (Fsp3) is 0.500. The fourth-order valence-corrected chi connectivity index (χ4v) is 3.45. The maximum absolute atomic E-state index is 12.4. The lowest BCUT2D eigenvalue weighted by atomic mass is 9.71. The first-order chi connectivity index (χ1) is 9.50. The predicted molar refractivity (Wildman–Crippen MR) is 78.2 cm³/mol. The molecule has 0 saturated carbocycles. The molecule has 1 aromatic heterocycles. The first-order valence-electron chi connectivity index (χ1n) is 6.72. The van der Waals surface area contributed by atoms with Crippen molar-refractivity contribution in [2.24, 2.45) is 5.41 Å². The van der Waals surface area contributed by atoms with Crippen LogP contribution in [0, 0.1) is 5.41 Å². The number of fused-ring (bicyclic) bond motifs is 1. The van der Waals surface area contributed by atoms with Gasteiger partial charge in [-0.25, -0.2) is 4.98 Å². The number of likely N-dealkylation sites (tertiary alicyclic amines) is 1. The molecule has 1 spiro atoms. The van der Waals surface area contributed by atoms with Gasteiger partial charge in [0.15, 0.2) is 0 Å². The molecule has 2 aliphatic rings. The van der Waals surface area contributed by atoms with Gasteiger partial charge in [-0.2, -0.15) is 0 Å². The normalized spacial score (nSPS) is 20.5. The molecule has 3 rings (SSSR count). The van der Waals surface area contributed by atoms with Gasteiger partial charge < -0.3 is 10.2 Å². The van der Waals surface area contributed by atoms with Gasteiger partial charge in [-0.05, 0) is 46.8 Å². The standard InChI is InChI=1S/C14H16BrN3O2/c1-9(19)18-4-2-14(3-5-18)7-10-6-11(15)8-16-12(10)17-13(14)20/h6,8H,2-5,7H2,1H3,(H,16,17,20). The minimum Gasteiger partial charge on any atom is -0.343 e. The van der Waals surface area contributed by atoms with Crippen molar-refractivity contribution in [1.29, 1.82) is 0 Å². The van der Waals surface area contributed by atoms with Crippen molar-refractivity contribution < 1.29 is 9.59 Å². The summed E-state index contributed by atoms with van der Waals surface area (Å²) in [7, 11) is 0. The number of halogens is 1. The van der Waals surface area contributed by atoms with E-state index in [0.717, 1.165) is 10.0 Å². The van der Waals surface area contributed by atoms with Gasteiger partial charge in [0.05, 0.1) is 5.41 Å². The summed E-state index contributed by atoms with van der Waals surface area (Å²) in [4.78, 5) is 29.9. The fourth-order valence-electron chi connectivity index (χ4n) is 3.07. The topological polar surface area (TPSA) is 62.3 Å². The molecule has 0 unspecified atom stereocenters. The van der Waals surface area contributed by atoms with Crippen molar-refractivity contribution in [1.82, 2.24) is 9.88 Å². The van der Waals surface area contributed by atoms with Crippen LogP contribution in [0.4, 0.5) is 5.82 Å². The SMILES string of the molecule is CC(=O)N1CCC2(CC1)Cc1cc(Br)cnc1NC2=O. The monoisotopic (exact) mass is 337 g/mol. The molecular formula is C14H16BrN3O2. The Balaban J connectivity index is 1.85. The van der Waals surface area contributed by atoms with Crippen molar-refractivity contribution in [3.05, 3.63) is 22.3 Å². The minimum absolute atomic E-state index is 0.0445. The van der Waals surface area contributed by atoms with Gasteiger partial charge in [0, 0.05) is 30.7 Å². The number of rotatable bonds is 0. The van der Waals surface area contributed by atoms with Crippen LogP contribution in [0.15, 0.2) is 16.7 Å². The molecule has 2 aliphatic heterocycles. The summed E-state index contributed by atoms with van der Waals surface area (Å²) < 4.78 is 0.920. The second-order valence-corrected chi connectivity index (χ2v) is 6.49. The van der Waals surface area contributed by atoms with Crippen molar-refractivity contribution in [2.75, 3.05) is 18.4 Å². The summed E-state index contributed by atoms with van der Waals surface area (Å²) in [6.45, 7) is 2.88. The number of nitrogens with zero attached hydrogens (tertiary/aromatic N) is 2. The van der Waals surface area contributed by atoms with Crippen LogP contribution in [-0.2, 0) is 16.0 Å². The van der Waals surface area contributed by atoms with Crippen molar-refractivity contribution in [3.8, 4) is 0 Å². The van der Waals surface area contributed by atoms with Crippen LogP contribution in [0.5, 0.6) is 0 Å². The molecule has 0 radical (unpaired) electrons. The third-order valence-electron chi connectivity index (χ3n) is 4.34. The molecule has 1 aromatic rings. The van der Waals surface area contributed by atoms with Gasteiger partial charge in [-0.1, -0.05) is 0 Å². The third-order valence-corrected chi connectivity index (χ3v) is 4.78. The Kier molecular flexibility index (Phi) is 3.28. The molecular weight excluding hydrogens is 322 g/mol. The Morgan fingerprint density at radius 1 is 1.45 bits per heavy atom. The number of hydrogen-bond acceptors (Lipinski definition) is 3. The molecule has 3 heterocycles. The van der Waals surface area contributed by atoms with Gasteiger partial charge in [-0.3, -0.25) is 9.59 Å². The molecule has 0 aliphatic carbocycles. The molecule has 1 fully saturated rings. The summed E-state index contributed by atoms with van der Waals surface area (Å²) in [5.41, 5.74) is 0.678. The highest BCUT2D eigenvalue weighted by atomic mass is 79.9. The summed E-state index contributed by atoms with van der Waals surface area (Å²) in [6.07, 6.45) is 3.82. The van der Waals surface area contributed by atoms with E-state index in [-0.39, 0.29) is 17.2 Å². The van der Waals surface area contributed by atoms with Crippen LogP contribution < -0.4 is 5.32 Å². The highest BCUT2D eigenvalue weighted by Crippen LogP contribution is 2.41. The van der Waals surface area contributed by atoms with E-state index < -0.39 is 0 Å². The molecule has 5 nitrogen and oxygen atoms in total. The Bertz CT molecular complexity index is 580. The summed E-state index contributed by atoms with van der Waals surface area (Å²) in [5, 5.41) is 2.92. The van der Waals surface area contributed by atoms with E-state index in [1.165, 1.54) is 0 Å². The third kappa shape index (κ3) is 2.22. The molecule has 6 heteroatoms. The lowest BCUT2D eigenvalue weighted by Gasteiger charge is -2.42. The minimum atomic E-state index is -0.387. The van der Waals surface area contributed by atoms with Gasteiger partial charge in [0.25, 0.3) is 0 Å². The van der Waals surface area contributed by atoms with Crippen molar-refractivity contribution in [3.63, 3.8) is 0 Å². The van der Waals surface area contributed by atoms with E-state index in [0.29, 0.717) is 38.2 Å². The smallest absolute Gasteiger partial charge is 0.232 e. The quantitative estimate of drug-likeness (QED) is 0.787. The zero-order valence-corrected chi connectivity index (χ0v) is 12.9. The average Bonchev–Trinajstić information content (AvgIpc) is 2.41. The van der Waals surface area contributed by atoms with Crippen LogP contribution in [0.3, 0.4) is 0 Å². The van der Waals surface area contributed by atoms with Crippen LogP contribution in [0.1, 0.15) is 25.3 Å². The largest absolute Gasteiger partial charge is 0.343 e. The summed E-state index contributed by atoms with van der Waals surface area (Å²) in [5.74, 6) is 0.793. The van der Waals surface area contributed by atoms with Crippen molar-refractivity contribution >= 4 is 33.6 Å². The van der Waals surface area contributed by atoms with Crippen molar-refractivity contribution in [2.45, 2.75) is 26.2 Å². The Labute approximate surface area is 125 Å². The summed E-state index contributed by atoms with van der Waals surface area (Å²) in [6, 6.07) is 2.01. The molecule has 0 atom stereocenters. The molecule has 106 valence electrons. The summed E-state index contributed by atoms with van der Waals surface area (Å²) >= 11 is 3.42. The number of anilines is 1. The molecule has 1 saturated heterocycles. The van der Waals surface area contributed by atoms with Crippen LogP contribution in [0.25, 0.3) is 0 Å². The Morgan fingerprint density at radius 2 is 2.15 bits per heavy atom. The maximum atomic E-state index is 12.4. The van der Waals surface area contributed by atoms with E-state index in [4.69, 9.17) is 0 Å². The van der Waals surface area contributed by atoms with Gasteiger partial charge in [0.1, 0.15) is 5.82 Å². The Morgan fingerprint density at radius 3 is 2.80 bits per heavy atom. The number of aromatic nitrogens is 1. The van der Waals surface area contributed by atoms with Crippen LogP contribution >= 0.6 is 15.9 Å². The number of nitrogens with one attached hydrogen (secondary N) is 1. The maximum Gasteiger partial charge on any atom is 0.232 e. The van der Waals surface area contributed by atoms with Gasteiger partial charge in [0.2, 0.25) is 11.8 Å². The molecule has 0 bridgehead atoms. The number of hydrogen-bond donors (Lipinski definition) is 1. The number of pyridine rings is 1. The second-order valence-electron chi connectivity index (χ2n) is 5.58. The van der Waals surface area contributed by atoms with Gasteiger partial charge >= 0.3 is 0 Å². The molecule has 1 N–H and O–H groups in total. The zero-order valence-electron chi connectivity index (χ0n) is 11.3. The number of piperidine rings is 1. The lowest BCUT2D eigenvalue weighted by molar-refractivity contribution is -0.136. The molecule has 0 aromatic carbocycles. The predicted octanol–water partition coefficient (Wildman–Crippen LogP) is 1.97. The molecule has 2 amide bonds. The van der Waals surface area contributed by atoms with E-state index in [1.54, 1.807) is 13.1 Å². The van der Waals surface area contributed by atoms with Gasteiger partial charge in [-0.15, -0.1) is 0 Å². The number of carbonyl (C=O) groups excluding carboxylic acids is 2. The number of carbonyl (C=O) groups is 2. The first-order valence-corrected chi connectivity index (χ1v) is 7.51. The second kappa shape index (κ2) is 4.84. The average molecular weight is 338 g/mol. The van der Waals surface area contributed by atoms with E-state index in [1.807, 2.05) is 11.0 Å². The zero-order chi connectivity index (χ0) is 14.3. The number of amides is 2. The van der Waals surface area contributed by atoms with Crippen LogP contribution in [-0.4, -0.2) is 34.8 Å².